The van der Waals surface area contributed by atoms with E-state index in [0.29, 0.717) is 64.2 Å². The van der Waals surface area contributed by atoms with Crippen molar-refractivity contribution in [1.82, 2.24) is 25.4 Å². The van der Waals surface area contributed by atoms with Gasteiger partial charge in [-0.25, -0.2) is 9.78 Å². The summed E-state index contributed by atoms with van der Waals surface area (Å²) >= 11 is 1.60. The van der Waals surface area contributed by atoms with Gasteiger partial charge < -0.3 is 49.6 Å². The Kier molecular flexibility index (Phi) is 19.8. The van der Waals surface area contributed by atoms with Crippen LogP contribution in [-0.4, -0.2) is 139 Å². The van der Waals surface area contributed by atoms with E-state index < -0.39 is 29.4 Å². The van der Waals surface area contributed by atoms with Crippen molar-refractivity contribution in [2.24, 2.45) is 11.3 Å². The maximum absolute atomic E-state index is 14.0. The number of carbonyl (C=O) groups is 4. The van der Waals surface area contributed by atoms with Crippen LogP contribution in [0.15, 0.2) is 53.7 Å². The number of carboxylic acid groups (broad SMARTS) is 1. The lowest BCUT2D eigenvalue weighted by atomic mass is 9.83. The van der Waals surface area contributed by atoms with Crippen LogP contribution in [-0.2, 0) is 38.1 Å². The van der Waals surface area contributed by atoms with Gasteiger partial charge in [0.25, 0.3) is 0 Å². The minimum atomic E-state index is -1.10. The van der Waals surface area contributed by atoms with Crippen molar-refractivity contribution >= 4 is 40.6 Å². The Morgan fingerprint density at radius 3 is 2.09 bits per heavy atom. The average Bonchev–Trinajstić information content (AvgIpc) is 3.99. The number of likely N-dealkylation sites (tertiary alicyclic amines) is 2. The van der Waals surface area contributed by atoms with Crippen LogP contribution in [0.3, 0.4) is 0 Å². The highest BCUT2D eigenvalue weighted by molar-refractivity contribution is 7.13. The summed E-state index contributed by atoms with van der Waals surface area (Å²) < 4.78 is 23.6. The van der Waals surface area contributed by atoms with E-state index in [1.54, 1.807) is 22.3 Å². The van der Waals surface area contributed by atoms with Crippen LogP contribution >= 0.6 is 11.3 Å². The number of amides is 3. The molecule has 69 heavy (non-hydrogen) atoms. The third-order valence-corrected chi connectivity index (χ3v) is 14.6. The number of carboxylic acids is 1. The predicted molar refractivity (Wildman–Crippen MR) is 267 cm³/mol. The molecule has 3 unspecified atom stereocenters. The standard InChI is InChI=1S/C53H75N5O10S/c1-34-10-19-43(35(2)31-34)46(52(63)64)47(60)39-15-17-41(18-16-39)68-42-20-23-57(24-21-42)25-26-65-27-28-66-29-30-67-32-45(59)56-49(53(5,6)7)51(62)58-22-8-9-44(58)50(61)55-36(3)38-11-13-40(14-12-38)48-37(4)54-33-69-48/h10-14,19,31,33,36,39,41-42,44,49,60H,8-9,15-18,20-30,32H2,1-7H3,(H,55,61)(H,56,59)(H,63,64)/b47-46+. The van der Waals surface area contributed by atoms with E-state index in [1.165, 1.54) is 0 Å². The minimum Gasteiger partial charge on any atom is -0.511 e. The first-order chi connectivity index (χ1) is 33.0. The first-order valence-corrected chi connectivity index (χ1v) is 25.6. The zero-order chi connectivity index (χ0) is 49.7. The molecule has 16 heteroatoms. The molecule has 2 aromatic carbocycles. The molecule has 3 heterocycles. The van der Waals surface area contributed by atoms with Crippen molar-refractivity contribution in [3.05, 3.63) is 81.7 Å². The summed E-state index contributed by atoms with van der Waals surface area (Å²) in [6.45, 7) is 18.3. The molecular formula is C53H75N5O10S. The van der Waals surface area contributed by atoms with Gasteiger partial charge in [-0.1, -0.05) is 68.8 Å². The second-order valence-corrected chi connectivity index (χ2v) is 20.8. The number of nitrogens with zero attached hydrogens (tertiary/aromatic N) is 3. The number of ether oxygens (including phenoxy) is 4. The highest BCUT2D eigenvalue weighted by Crippen LogP contribution is 2.36. The van der Waals surface area contributed by atoms with Gasteiger partial charge >= 0.3 is 5.97 Å². The molecule has 15 nitrogen and oxygen atoms in total. The van der Waals surface area contributed by atoms with E-state index in [2.05, 4.69) is 20.5 Å². The van der Waals surface area contributed by atoms with Gasteiger partial charge in [0, 0.05) is 32.1 Å². The fourth-order valence-electron chi connectivity index (χ4n) is 9.69. The lowest BCUT2D eigenvalue weighted by Gasteiger charge is -2.36. The molecule has 3 aromatic rings. The lowest BCUT2D eigenvalue weighted by molar-refractivity contribution is -0.144. The highest BCUT2D eigenvalue weighted by Gasteiger charge is 2.42. The normalized spacial score (nSPS) is 20.6. The third kappa shape index (κ3) is 15.1. The Balaban J connectivity index is 0.804. The van der Waals surface area contributed by atoms with Gasteiger partial charge in [-0.15, -0.1) is 11.3 Å². The molecule has 0 bridgehead atoms. The van der Waals surface area contributed by atoms with Crippen molar-refractivity contribution in [1.29, 1.82) is 0 Å². The number of hydrogen-bond acceptors (Lipinski definition) is 12. The lowest BCUT2D eigenvalue weighted by Crippen LogP contribution is -2.58. The molecule has 4 N–H and O–H groups in total. The molecule has 0 radical (unpaired) electrons. The van der Waals surface area contributed by atoms with E-state index in [0.717, 1.165) is 78.1 Å². The summed E-state index contributed by atoms with van der Waals surface area (Å²) in [5.74, 6) is -2.21. The van der Waals surface area contributed by atoms with Crippen LogP contribution in [0.25, 0.3) is 16.0 Å². The topological polar surface area (TPSA) is 189 Å². The van der Waals surface area contributed by atoms with Gasteiger partial charge in [-0.05, 0) is 107 Å². The molecule has 6 rings (SSSR count). The van der Waals surface area contributed by atoms with E-state index in [4.69, 9.17) is 18.9 Å². The molecule has 378 valence electrons. The van der Waals surface area contributed by atoms with Crippen LogP contribution in [0.1, 0.15) is 113 Å². The molecule has 3 fully saturated rings. The Hall–Kier alpha value is -4.71. The molecule has 1 aromatic heterocycles. The largest absolute Gasteiger partial charge is 0.511 e. The summed E-state index contributed by atoms with van der Waals surface area (Å²) in [5, 5.41) is 27.1. The van der Waals surface area contributed by atoms with Gasteiger partial charge in [0.2, 0.25) is 17.7 Å². The maximum atomic E-state index is 14.0. The quantitative estimate of drug-likeness (QED) is 0.0440. The van der Waals surface area contributed by atoms with Crippen LogP contribution in [0, 0.1) is 32.1 Å². The molecule has 3 atom stereocenters. The van der Waals surface area contributed by atoms with E-state index >= 15 is 0 Å². The van der Waals surface area contributed by atoms with Crippen molar-refractivity contribution in [2.45, 2.75) is 130 Å². The second-order valence-electron chi connectivity index (χ2n) is 20.0. The van der Waals surface area contributed by atoms with Crippen molar-refractivity contribution in [2.75, 3.05) is 65.8 Å². The summed E-state index contributed by atoms with van der Waals surface area (Å²) in [4.78, 5) is 62.3. The van der Waals surface area contributed by atoms with Crippen LogP contribution < -0.4 is 10.6 Å². The van der Waals surface area contributed by atoms with E-state index in [1.807, 2.05) is 90.4 Å². The number of aliphatic hydroxyl groups excluding tert-OH is 1. The maximum Gasteiger partial charge on any atom is 0.339 e. The van der Waals surface area contributed by atoms with Crippen LogP contribution in [0.5, 0.6) is 0 Å². The number of aryl methyl sites for hydroxylation is 3. The van der Waals surface area contributed by atoms with Crippen molar-refractivity contribution < 1.29 is 48.3 Å². The smallest absolute Gasteiger partial charge is 0.339 e. The molecule has 1 aliphatic carbocycles. The summed E-state index contributed by atoms with van der Waals surface area (Å²) in [6.07, 6.45) is 6.42. The van der Waals surface area contributed by atoms with Gasteiger partial charge in [0.1, 0.15) is 30.0 Å². The van der Waals surface area contributed by atoms with Gasteiger partial charge in [0.15, 0.2) is 0 Å². The molecule has 2 aliphatic heterocycles. The monoisotopic (exact) mass is 974 g/mol. The zero-order valence-corrected chi connectivity index (χ0v) is 42.5. The number of rotatable bonds is 22. The number of allylic oxidation sites excluding steroid dienone is 1. The molecule has 2 saturated heterocycles. The second kappa shape index (κ2) is 25.4. The molecule has 3 amide bonds. The summed E-state index contributed by atoms with van der Waals surface area (Å²) in [7, 11) is 0. The average molecular weight is 974 g/mol. The molecule has 1 saturated carbocycles. The third-order valence-electron chi connectivity index (χ3n) is 13.7. The van der Waals surface area contributed by atoms with Gasteiger partial charge in [-0.2, -0.15) is 0 Å². The van der Waals surface area contributed by atoms with Crippen LogP contribution in [0.4, 0.5) is 0 Å². The number of piperidine rings is 1. The Morgan fingerprint density at radius 2 is 1.46 bits per heavy atom. The Bertz CT molecular complexity index is 2210. The number of thiazole rings is 1. The van der Waals surface area contributed by atoms with Crippen LogP contribution in [0.2, 0.25) is 0 Å². The number of nitrogens with one attached hydrogen (secondary N) is 2. The number of benzene rings is 2. The molecule has 3 aliphatic rings. The Morgan fingerprint density at radius 1 is 0.812 bits per heavy atom. The van der Waals surface area contributed by atoms with E-state index in [-0.39, 0.29) is 60.5 Å². The number of carbonyl (C=O) groups excluding carboxylic acids is 3. The first-order valence-electron chi connectivity index (χ1n) is 24.8. The highest BCUT2D eigenvalue weighted by atomic mass is 32.1. The zero-order valence-electron chi connectivity index (χ0n) is 41.7. The minimum absolute atomic E-state index is 0.0105. The van der Waals surface area contributed by atoms with Gasteiger partial charge in [0.05, 0.1) is 67.4 Å². The number of aliphatic hydroxyl groups is 1. The summed E-state index contributed by atoms with van der Waals surface area (Å²) in [6, 6.07) is 12.0. The number of hydrogen-bond donors (Lipinski definition) is 4. The van der Waals surface area contributed by atoms with Gasteiger partial charge in [-0.3, -0.25) is 14.4 Å². The van der Waals surface area contributed by atoms with E-state index in [9.17, 15) is 29.4 Å². The number of aromatic nitrogens is 1. The first kappa shape index (κ1) is 53.6. The fraction of sp³-hybridized carbons (Fsp3) is 0.604. The van der Waals surface area contributed by atoms with Crippen molar-refractivity contribution in [3.8, 4) is 10.4 Å². The predicted octanol–water partition coefficient (Wildman–Crippen LogP) is 7.58. The fourth-order valence-corrected chi connectivity index (χ4v) is 10.5. The Labute approximate surface area is 412 Å². The molecular weight excluding hydrogens is 899 g/mol. The molecule has 0 spiro atoms. The SMILES string of the molecule is Cc1ccc(/C(C(=O)O)=C(\O)C2CCC(OC3CCN(CCOCCOCCOCC(=O)NC(C(=O)N4CCCC4C(=O)NC(C)c4ccc(-c5scnc5C)cc4)C(C)(C)C)CC3)CC2)c(C)c1. The number of aliphatic carboxylic acids is 1. The summed E-state index contributed by atoms with van der Waals surface area (Å²) in [5.41, 5.74) is 6.73. The van der Waals surface area contributed by atoms with Crippen molar-refractivity contribution in [3.63, 3.8) is 0 Å².